The molecule has 1 aromatic rings. The Kier molecular flexibility index (Phi) is 3.74. The molecule has 4 nitrogen and oxygen atoms in total. The van der Waals surface area contributed by atoms with Gasteiger partial charge in [-0.1, -0.05) is 6.07 Å². The summed E-state index contributed by atoms with van der Waals surface area (Å²) in [6.07, 6.45) is 4.17. The summed E-state index contributed by atoms with van der Waals surface area (Å²) in [5.74, 6) is 0.243. The first-order chi connectivity index (χ1) is 7.11. The minimum atomic E-state index is -0.271. The highest BCUT2D eigenvalue weighted by molar-refractivity contribution is 6.01. The van der Waals surface area contributed by atoms with Gasteiger partial charge in [0.2, 0.25) is 5.91 Å². The van der Waals surface area contributed by atoms with E-state index in [-0.39, 0.29) is 5.91 Å². The topological polar surface area (TPSA) is 65.8 Å². The van der Waals surface area contributed by atoms with Gasteiger partial charge >= 0.3 is 0 Å². The first kappa shape index (κ1) is 11.1. The highest BCUT2D eigenvalue weighted by Crippen LogP contribution is 2.03. The van der Waals surface area contributed by atoms with Crippen LogP contribution in [0.15, 0.2) is 30.0 Å². The molecule has 0 aliphatic heterocycles. The zero-order chi connectivity index (χ0) is 11.3. The second-order valence-corrected chi connectivity index (χ2v) is 3.24. The molecule has 4 heteroatoms. The molecule has 78 valence electrons. The summed E-state index contributed by atoms with van der Waals surface area (Å²) in [7, 11) is 0. The largest absolute Gasteiger partial charge is 0.308 e. The number of aromatic nitrogens is 1. The van der Waals surface area contributed by atoms with Crippen LogP contribution in [0.25, 0.3) is 0 Å². The predicted octanol–water partition coefficient (Wildman–Crippen LogP) is 1.92. The number of nitrogens with zero attached hydrogens (tertiary/aromatic N) is 1. The number of amides is 1. The third-order valence-corrected chi connectivity index (χ3v) is 1.75. The van der Waals surface area contributed by atoms with Gasteiger partial charge in [-0.15, -0.1) is 0 Å². The molecule has 1 heterocycles. The average molecular weight is 203 g/mol. The van der Waals surface area contributed by atoms with Gasteiger partial charge in [0.05, 0.1) is 0 Å². The summed E-state index contributed by atoms with van der Waals surface area (Å²) in [6, 6.07) is 3.61. The Hall–Kier alpha value is -1.97. The molecule has 0 aromatic carbocycles. The zero-order valence-corrected chi connectivity index (χ0v) is 8.74. The molecule has 1 amide bonds. The Morgan fingerprint density at radius 2 is 2.27 bits per heavy atom. The third-order valence-electron chi connectivity index (χ3n) is 1.75. The van der Waals surface area contributed by atoms with Gasteiger partial charge in [-0.25, -0.2) is 4.98 Å². The maximum Gasteiger partial charge on any atom is 0.249 e. The fourth-order valence-electron chi connectivity index (χ4n) is 0.953. The number of aryl methyl sites for hydroxylation is 1. The summed E-state index contributed by atoms with van der Waals surface area (Å²) in [5.41, 5.74) is 1.64. The molecule has 0 saturated carbocycles. The number of carbonyl (C=O) groups excluding carboxylic acids is 1. The second-order valence-electron chi connectivity index (χ2n) is 3.24. The van der Waals surface area contributed by atoms with Crippen LogP contribution < -0.4 is 5.32 Å². The minimum absolute atomic E-state index is 0.271. The van der Waals surface area contributed by atoms with E-state index in [2.05, 4.69) is 10.3 Å². The van der Waals surface area contributed by atoms with E-state index in [1.807, 2.05) is 13.0 Å². The molecule has 0 radical (unpaired) electrons. The van der Waals surface area contributed by atoms with Crippen molar-refractivity contribution in [2.24, 2.45) is 0 Å². The van der Waals surface area contributed by atoms with Crippen LogP contribution in [0, 0.1) is 12.3 Å². The van der Waals surface area contributed by atoms with Crippen LogP contribution >= 0.6 is 0 Å². The number of carbonyl (C=O) groups is 1. The molecule has 1 aromatic heterocycles. The third kappa shape index (κ3) is 3.72. The van der Waals surface area contributed by atoms with Crippen LogP contribution in [0.4, 0.5) is 5.82 Å². The zero-order valence-electron chi connectivity index (χ0n) is 8.74. The van der Waals surface area contributed by atoms with Crippen molar-refractivity contribution < 1.29 is 4.79 Å². The summed E-state index contributed by atoms with van der Waals surface area (Å²) in [6.45, 7) is 3.62. The lowest BCUT2D eigenvalue weighted by Crippen LogP contribution is -2.10. The molecule has 0 unspecified atom stereocenters. The Balaban J connectivity index is 2.67. The standard InChI is InChI=1S/C11H13N3O/c1-8-3-4-10(13-7-8)14-11(15)5-9(2)6-12/h3-7,12H,1-2H3,(H,13,14,15)/b9-5-,12-6?. The van der Waals surface area contributed by atoms with Crippen molar-refractivity contribution in [3.63, 3.8) is 0 Å². The van der Waals surface area contributed by atoms with Crippen molar-refractivity contribution in [3.8, 4) is 0 Å². The van der Waals surface area contributed by atoms with E-state index < -0.39 is 0 Å². The van der Waals surface area contributed by atoms with E-state index >= 15 is 0 Å². The quantitative estimate of drug-likeness (QED) is 0.582. The fourth-order valence-corrected chi connectivity index (χ4v) is 0.953. The van der Waals surface area contributed by atoms with Gasteiger partial charge < -0.3 is 10.7 Å². The van der Waals surface area contributed by atoms with Crippen LogP contribution in [-0.4, -0.2) is 17.1 Å². The molecule has 15 heavy (non-hydrogen) atoms. The van der Waals surface area contributed by atoms with Gasteiger partial charge in [-0.2, -0.15) is 0 Å². The first-order valence-corrected chi connectivity index (χ1v) is 4.54. The highest BCUT2D eigenvalue weighted by atomic mass is 16.1. The predicted molar refractivity (Wildman–Crippen MR) is 60.1 cm³/mol. The van der Waals surface area contributed by atoms with Crippen molar-refractivity contribution in [1.29, 1.82) is 5.41 Å². The summed E-state index contributed by atoms with van der Waals surface area (Å²) < 4.78 is 0. The lowest BCUT2D eigenvalue weighted by Gasteiger charge is -2.01. The smallest absolute Gasteiger partial charge is 0.249 e. The maximum atomic E-state index is 11.3. The number of hydrogen-bond acceptors (Lipinski definition) is 3. The van der Waals surface area contributed by atoms with Crippen LogP contribution in [0.2, 0.25) is 0 Å². The molecule has 0 saturated heterocycles. The minimum Gasteiger partial charge on any atom is -0.308 e. The SMILES string of the molecule is C/C(C=N)=C/C(=O)Nc1ccc(C)cn1. The molecule has 2 N–H and O–H groups in total. The Morgan fingerprint density at radius 1 is 1.53 bits per heavy atom. The monoisotopic (exact) mass is 203 g/mol. The van der Waals surface area contributed by atoms with Gasteiger partial charge in [0, 0.05) is 18.5 Å². The van der Waals surface area contributed by atoms with Crippen molar-refractivity contribution in [2.45, 2.75) is 13.8 Å². The van der Waals surface area contributed by atoms with E-state index in [4.69, 9.17) is 5.41 Å². The molecule has 0 aliphatic carbocycles. The van der Waals surface area contributed by atoms with Crippen molar-refractivity contribution in [1.82, 2.24) is 4.98 Å². The molecule has 0 aliphatic rings. The number of pyridine rings is 1. The molecule has 0 bridgehead atoms. The Labute approximate surface area is 88.5 Å². The number of allylic oxidation sites excluding steroid dienone is 1. The van der Waals surface area contributed by atoms with Gasteiger partial charge in [0.1, 0.15) is 5.82 Å². The lowest BCUT2D eigenvalue weighted by molar-refractivity contribution is -0.111. The number of anilines is 1. The van der Waals surface area contributed by atoms with Gasteiger partial charge in [-0.05, 0) is 31.1 Å². The number of rotatable bonds is 3. The van der Waals surface area contributed by atoms with Gasteiger partial charge in [0.15, 0.2) is 0 Å². The number of hydrogen-bond donors (Lipinski definition) is 2. The van der Waals surface area contributed by atoms with E-state index in [0.717, 1.165) is 11.8 Å². The molecule has 0 spiro atoms. The van der Waals surface area contributed by atoms with Crippen molar-refractivity contribution >= 4 is 17.9 Å². The maximum absolute atomic E-state index is 11.3. The van der Waals surface area contributed by atoms with Crippen molar-refractivity contribution in [2.75, 3.05) is 5.32 Å². The van der Waals surface area contributed by atoms with Crippen LogP contribution in [0.3, 0.4) is 0 Å². The fraction of sp³-hybridized carbons (Fsp3) is 0.182. The van der Waals surface area contributed by atoms with Gasteiger partial charge in [0.25, 0.3) is 0 Å². The van der Waals surface area contributed by atoms with E-state index in [0.29, 0.717) is 11.4 Å². The highest BCUT2D eigenvalue weighted by Gasteiger charge is 1.99. The lowest BCUT2D eigenvalue weighted by atomic mass is 10.3. The molecule has 1 rings (SSSR count). The van der Waals surface area contributed by atoms with Crippen LogP contribution in [-0.2, 0) is 4.79 Å². The van der Waals surface area contributed by atoms with Crippen molar-refractivity contribution in [3.05, 3.63) is 35.5 Å². The summed E-state index contributed by atoms with van der Waals surface area (Å²) in [5, 5.41) is 9.53. The van der Waals surface area contributed by atoms with Gasteiger partial charge in [-0.3, -0.25) is 4.79 Å². The van der Waals surface area contributed by atoms with E-state index in [9.17, 15) is 4.79 Å². The molecular weight excluding hydrogens is 190 g/mol. The Bertz CT molecular complexity index is 393. The summed E-state index contributed by atoms with van der Waals surface area (Å²) >= 11 is 0. The molecule has 0 fully saturated rings. The Morgan fingerprint density at radius 3 is 2.80 bits per heavy atom. The first-order valence-electron chi connectivity index (χ1n) is 4.54. The summed E-state index contributed by atoms with van der Waals surface area (Å²) in [4.78, 5) is 15.4. The molecular formula is C11H13N3O. The van der Waals surface area contributed by atoms with Crippen LogP contribution in [0.1, 0.15) is 12.5 Å². The van der Waals surface area contributed by atoms with E-state index in [1.54, 1.807) is 19.2 Å². The normalized spacial score (nSPS) is 10.9. The molecule has 0 atom stereocenters. The van der Waals surface area contributed by atoms with Crippen LogP contribution in [0.5, 0.6) is 0 Å². The average Bonchev–Trinajstić information content (AvgIpc) is 2.21. The second kappa shape index (κ2) is 5.05. The number of nitrogens with one attached hydrogen (secondary N) is 2. The van der Waals surface area contributed by atoms with E-state index in [1.165, 1.54) is 6.08 Å².